The van der Waals surface area contributed by atoms with Gasteiger partial charge < -0.3 is 34.4 Å². The molecule has 0 spiro atoms. The summed E-state index contributed by atoms with van der Waals surface area (Å²) in [6, 6.07) is 0. The molecule has 0 saturated carbocycles. The van der Waals surface area contributed by atoms with Crippen LogP contribution in [0.1, 0.15) is 33.2 Å². The highest BCUT2D eigenvalue weighted by atomic mass is 31.2. The number of ether oxygens (including phenoxy) is 2. The van der Waals surface area contributed by atoms with Gasteiger partial charge in [-0.25, -0.2) is 42.8 Å². The number of phosphoric acid groups is 2. The summed E-state index contributed by atoms with van der Waals surface area (Å²) in [7, 11) is -13.0. The first-order valence-electron chi connectivity index (χ1n) is 16.6. The summed E-state index contributed by atoms with van der Waals surface area (Å²) in [6.07, 6.45) is -5.96. The van der Waals surface area contributed by atoms with Crippen molar-refractivity contribution < 1.29 is 55.3 Å². The van der Waals surface area contributed by atoms with Gasteiger partial charge in [0.25, 0.3) is 5.56 Å². The van der Waals surface area contributed by atoms with Gasteiger partial charge in [0.2, 0.25) is 5.78 Å². The van der Waals surface area contributed by atoms with Gasteiger partial charge in [0.1, 0.15) is 48.0 Å². The Bertz CT molecular complexity index is 2400. The molecule has 8 heterocycles. The van der Waals surface area contributed by atoms with Gasteiger partial charge in [0.05, 0.1) is 25.9 Å². The van der Waals surface area contributed by atoms with E-state index in [1.54, 1.807) is 0 Å². The molecule has 10 atom stereocenters. The smallest absolute Gasteiger partial charge is 0.407 e. The molecular weight excluding hydrogens is 777 g/mol. The summed E-state index contributed by atoms with van der Waals surface area (Å²) in [5.41, 5.74) is 5.82. The van der Waals surface area contributed by atoms with Crippen molar-refractivity contribution in [2.24, 2.45) is 0 Å². The number of phosphoric ester groups is 2. The number of aromatic amines is 1. The van der Waals surface area contributed by atoms with E-state index in [-0.39, 0.29) is 33.9 Å². The lowest BCUT2D eigenvalue weighted by atomic mass is 10.1. The molecule has 0 radical (unpaired) electrons. The van der Waals surface area contributed by atoms with Gasteiger partial charge in [-0.1, -0.05) is 20.8 Å². The lowest BCUT2D eigenvalue weighted by Crippen LogP contribution is -2.49. The SMILES string of the molecule is CC(C)(C)[Si](C)(C)O[C@@H]1[C@@H]2OP(=O)(O)OC[C@H]3O[C@@H](n4cnc5c(N)ncnc54)[C@H](F)[C@@H]3OP(=O)(O)OC[C@H]2O[C@H]1n1cnc2c(=O)n3ccnc3[nH]c21. The molecule has 26 heteroatoms. The van der Waals surface area contributed by atoms with E-state index in [1.807, 2.05) is 33.9 Å². The highest BCUT2D eigenvalue weighted by Gasteiger charge is 2.57. The number of nitrogens with two attached hydrogens (primary N) is 1. The van der Waals surface area contributed by atoms with Crippen LogP contribution in [0.2, 0.25) is 18.1 Å². The maximum Gasteiger partial charge on any atom is 0.472 e. The number of alkyl halides is 1. The third-order valence-electron chi connectivity index (χ3n) is 10.1. The number of hydrogen-bond donors (Lipinski definition) is 4. The van der Waals surface area contributed by atoms with Crippen LogP contribution in [0.15, 0.2) is 36.2 Å². The van der Waals surface area contributed by atoms with Crippen LogP contribution in [-0.2, 0) is 41.1 Å². The number of rotatable bonds is 4. The highest BCUT2D eigenvalue weighted by molar-refractivity contribution is 7.47. The molecule has 0 aliphatic carbocycles. The molecule has 22 nitrogen and oxygen atoms in total. The molecule has 3 fully saturated rings. The Morgan fingerprint density at radius 1 is 0.944 bits per heavy atom. The highest BCUT2D eigenvalue weighted by Crippen LogP contribution is 2.55. The number of aromatic nitrogens is 9. The van der Waals surface area contributed by atoms with Crippen LogP contribution >= 0.6 is 15.6 Å². The van der Waals surface area contributed by atoms with Crippen LogP contribution in [0.4, 0.5) is 10.2 Å². The zero-order valence-corrected chi connectivity index (χ0v) is 32.1. The number of nitrogens with one attached hydrogen (secondary N) is 1. The molecule has 2 unspecified atom stereocenters. The average Bonchev–Trinajstić information content (AvgIpc) is 3.91. The molecular formula is C28H37FN10O12P2Si. The Morgan fingerprint density at radius 2 is 1.57 bits per heavy atom. The fourth-order valence-corrected chi connectivity index (χ4v) is 9.59. The first-order valence-corrected chi connectivity index (χ1v) is 22.5. The molecule has 8 rings (SSSR count). The summed E-state index contributed by atoms with van der Waals surface area (Å²) in [5.74, 6) is 0.215. The molecule has 3 aliphatic rings. The van der Waals surface area contributed by atoms with E-state index >= 15 is 4.39 Å². The molecule has 54 heavy (non-hydrogen) atoms. The molecule has 5 aromatic heterocycles. The lowest BCUT2D eigenvalue weighted by Gasteiger charge is -2.40. The second kappa shape index (κ2) is 13.0. The van der Waals surface area contributed by atoms with Crippen molar-refractivity contribution in [2.75, 3.05) is 18.9 Å². The van der Waals surface area contributed by atoms with Gasteiger partial charge in [0, 0.05) is 12.4 Å². The van der Waals surface area contributed by atoms with E-state index in [9.17, 15) is 23.7 Å². The zero-order valence-electron chi connectivity index (χ0n) is 29.3. The summed E-state index contributed by atoms with van der Waals surface area (Å²) < 4.78 is 88.2. The molecule has 0 bridgehead atoms. The molecule has 5 aromatic rings. The van der Waals surface area contributed by atoms with E-state index in [2.05, 4.69) is 29.9 Å². The number of anilines is 1. The summed E-state index contributed by atoms with van der Waals surface area (Å²) in [5, 5.41) is -0.397. The molecule has 292 valence electrons. The number of nitrogens with zero attached hydrogens (tertiary/aromatic N) is 8. The van der Waals surface area contributed by atoms with Crippen molar-refractivity contribution in [1.29, 1.82) is 0 Å². The van der Waals surface area contributed by atoms with Crippen LogP contribution in [0.25, 0.3) is 28.1 Å². The average molecular weight is 815 g/mol. The Labute approximate surface area is 305 Å². The van der Waals surface area contributed by atoms with E-state index in [0.29, 0.717) is 0 Å². The number of fused-ring (bicyclic) bond motifs is 5. The monoisotopic (exact) mass is 814 g/mol. The first kappa shape index (κ1) is 37.4. The van der Waals surface area contributed by atoms with Gasteiger partial charge >= 0.3 is 15.6 Å². The van der Waals surface area contributed by atoms with E-state index in [4.69, 9.17) is 37.7 Å². The first-order chi connectivity index (χ1) is 25.3. The standard InChI is InChI=1S/C28H37FN10O12P2Si/c1-28(2,3)54(4,5)51-20-19-14(48-26(20)39-12-35-17-23(39)36-27-31-6-7-37(27)24(17)40)9-46-52(41,42)49-18-13(8-45-53(43,44)50-19)47-25(15(18)29)38-11-34-16-21(30)32-10-33-22(16)38/h6-7,10-15,18-20,25-26H,8-9H2,1-5H3,(H,31,36)(H,41,42)(H,43,44)(H2,30,32,33)/t13-,14-,15-,18-,19-,20-,25-,26-/m1/s1. The second-order valence-corrected chi connectivity index (χ2v) is 22.1. The van der Waals surface area contributed by atoms with Crippen molar-refractivity contribution in [1.82, 2.24) is 43.4 Å². The summed E-state index contributed by atoms with van der Waals surface area (Å²) >= 11 is 0. The third kappa shape index (κ3) is 6.42. The number of imidazole rings is 3. The van der Waals surface area contributed by atoms with Gasteiger partial charge in [-0.05, 0) is 18.1 Å². The Hall–Kier alpha value is -3.51. The Morgan fingerprint density at radius 3 is 2.28 bits per heavy atom. The fourth-order valence-electron chi connectivity index (χ4n) is 6.39. The Kier molecular flexibility index (Phi) is 9.03. The summed E-state index contributed by atoms with van der Waals surface area (Å²) in [6.45, 7) is 8.17. The largest absolute Gasteiger partial charge is 0.472 e. The molecule has 5 N–H and O–H groups in total. The van der Waals surface area contributed by atoms with E-state index < -0.39 is 96.9 Å². The molecule has 0 aromatic carbocycles. The van der Waals surface area contributed by atoms with Gasteiger partial charge in [-0.2, -0.15) is 0 Å². The predicted octanol–water partition coefficient (Wildman–Crippen LogP) is 2.34. The van der Waals surface area contributed by atoms with Crippen molar-refractivity contribution in [3.63, 3.8) is 0 Å². The van der Waals surface area contributed by atoms with Crippen LogP contribution in [-0.4, -0.2) is 111 Å². The number of halogens is 1. The fraction of sp³-hybridized carbons (Fsp3) is 0.571. The van der Waals surface area contributed by atoms with Crippen molar-refractivity contribution in [2.45, 2.75) is 88.1 Å². The van der Waals surface area contributed by atoms with Crippen LogP contribution in [0.3, 0.4) is 0 Å². The number of H-pyrrole nitrogens is 1. The topological polar surface area (TPSA) is 277 Å². The molecule has 0 amide bonds. The van der Waals surface area contributed by atoms with Crippen molar-refractivity contribution in [3.05, 3.63) is 41.7 Å². The number of hydrogen-bond acceptors (Lipinski definition) is 16. The zero-order chi connectivity index (χ0) is 38.5. The molecule has 3 saturated heterocycles. The van der Waals surface area contributed by atoms with Gasteiger partial charge in [0.15, 0.2) is 43.9 Å². The predicted molar refractivity (Wildman–Crippen MR) is 185 cm³/mol. The number of nitrogen functional groups attached to an aromatic ring is 1. The van der Waals surface area contributed by atoms with E-state index in [0.717, 1.165) is 6.33 Å². The van der Waals surface area contributed by atoms with Crippen LogP contribution in [0.5, 0.6) is 0 Å². The second-order valence-electron chi connectivity index (χ2n) is 14.6. The quantitative estimate of drug-likeness (QED) is 0.150. The summed E-state index contributed by atoms with van der Waals surface area (Å²) in [4.78, 5) is 58.9. The van der Waals surface area contributed by atoms with Crippen molar-refractivity contribution >= 4 is 57.9 Å². The van der Waals surface area contributed by atoms with E-state index in [1.165, 1.54) is 38.6 Å². The normalized spacial score (nSPS) is 34.2. The van der Waals surface area contributed by atoms with Crippen molar-refractivity contribution in [3.8, 4) is 0 Å². The minimum atomic E-state index is -5.14. The maximum atomic E-state index is 16.2. The third-order valence-corrected chi connectivity index (χ3v) is 16.6. The van der Waals surface area contributed by atoms with Crippen LogP contribution < -0.4 is 11.3 Å². The lowest BCUT2D eigenvalue weighted by molar-refractivity contribution is -0.0662. The van der Waals surface area contributed by atoms with Gasteiger partial charge in [-0.15, -0.1) is 0 Å². The minimum Gasteiger partial charge on any atom is -0.407 e. The molecule has 3 aliphatic heterocycles. The Balaban J connectivity index is 1.15. The van der Waals surface area contributed by atoms with Crippen LogP contribution in [0, 0.1) is 0 Å². The van der Waals surface area contributed by atoms with Gasteiger partial charge in [-0.3, -0.25) is 32.0 Å². The minimum absolute atomic E-state index is 0.0144. The maximum absolute atomic E-state index is 16.2.